The summed E-state index contributed by atoms with van der Waals surface area (Å²) in [7, 11) is -2.56. The van der Waals surface area contributed by atoms with Crippen LogP contribution in [0.5, 0.6) is 0 Å². The van der Waals surface area contributed by atoms with E-state index < -0.39 is 24.9 Å². The molecule has 0 spiro atoms. The molecule has 4 rings (SSSR count). The molecular formula is C21H21F3N3O2P. The van der Waals surface area contributed by atoms with Crippen molar-refractivity contribution in [3.05, 3.63) is 59.2 Å². The number of hydrogen-bond donors (Lipinski definition) is 1. The molecule has 0 bridgehead atoms. The van der Waals surface area contributed by atoms with Gasteiger partial charge in [-0.25, -0.2) is 23.1 Å². The molecule has 0 aliphatic carbocycles. The van der Waals surface area contributed by atoms with Gasteiger partial charge in [0, 0.05) is 35.1 Å². The Morgan fingerprint density at radius 1 is 1.17 bits per heavy atom. The minimum absolute atomic E-state index is 0.0202. The molecule has 0 unspecified atom stereocenters. The van der Waals surface area contributed by atoms with Gasteiger partial charge in [0.05, 0.1) is 24.3 Å². The lowest BCUT2D eigenvalue weighted by molar-refractivity contribution is 0.146. The van der Waals surface area contributed by atoms with E-state index in [9.17, 15) is 17.7 Å². The van der Waals surface area contributed by atoms with Gasteiger partial charge in [0.15, 0.2) is 0 Å². The van der Waals surface area contributed by atoms with Gasteiger partial charge < -0.3 is 14.6 Å². The molecule has 1 fully saturated rings. The molecule has 0 radical (unpaired) electrons. The summed E-state index contributed by atoms with van der Waals surface area (Å²) in [5.74, 6) is 0.0285. The summed E-state index contributed by atoms with van der Waals surface area (Å²) < 4.78 is 59.0. The average molecular weight is 435 g/mol. The van der Waals surface area contributed by atoms with Crippen LogP contribution in [0.15, 0.2) is 36.4 Å². The van der Waals surface area contributed by atoms with Crippen LogP contribution in [0.1, 0.15) is 23.4 Å². The largest absolute Gasteiger partial charge is 0.380 e. The highest BCUT2D eigenvalue weighted by atomic mass is 31.2. The third kappa shape index (κ3) is 4.07. The molecule has 1 aliphatic heterocycles. The molecule has 9 heteroatoms. The van der Waals surface area contributed by atoms with Crippen LogP contribution in [0.25, 0.3) is 10.9 Å². The number of nitrogens with zero attached hydrogens (tertiary/aromatic N) is 2. The Labute approximate surface area is 172 Å². The van der Waals surface area contributed by atoms with Crippen LogP contribution in [0.3, 0.4) is 0 Å². The molecule has 30 heavy (non-hydrogen) atoms. The number of benzene rings is 2. The Morgan fingerprint density at radius 3 is 2.67 bits per heavy atom. The van der Waals surface area contributed by atoms with Crippen molar-refractivity contribution >= 4 is 29.2 Å². The number of rotatable bonds is 5. The third-order valence-electron chi connectivity index (χ3n) is 5.25. The van der Waals surface area contributed by atoms with Gasteiger partial charge in [0.1, 0.15) is 24.6 Å². The topological polar surface area (TPSA) is 64.1 Å². The predicted octanol–water partition coefficient (Wildman–Crippen LogP) is 4.65. The summed E-state index contributed by atoms with van der Waals surface area (Å²) in [5.41, 5.74) is 0.152. The quantitative estimate of drug-likeness (QED) is 0.592. The van der Waals surface area contributed by atoms with Gasteiger partial charge in [-0.2, -0.15) is 0 Å². The second-order valence-corrected chi connectivity index (χ2v) is 10.4. The molecule has 1 saturated heterocycles. The zero-order valence-electron chi connectivity index (χ0n) is 16.4. The number of aryl methyl sites for hydroxylation is 1. The first-order valence-corrected chi connectivity index (χ1v) is 11.7. The van der Waals surface area contributed by atoms with E-state index in [0.29, 0.717) is 48.1 Å². The lowest BCUT2D eigenvalue weighted by Crippen LogP contribution is -2.22. The molecule has 158 valence electrons. The number of aromatic nitrogens is 2. The van der Waals surface area contributed by atoms with Crippen LogP contribution < -0.4 is 10.6 Å². The molecular weight excluding hydrogens is 414 g/mol. The van der Waals surface area contributed by atoms with E-state index in [1.807, 2.05) is 12.1 Å². The lowest BCUT2D eigenvalue weighted by atomic mass is 10.1. The zero-order valence-corrected chi connectivity index (χ0v) is 17.3. The maximum Gasteiger partial charge on any atom is 0.266 e. The first-order valence-electron chi connectivity index (χ1n) is 9.61. The summed E-state index contributed by atoms with van der Waals surface area (Å²) in [5, 5.41) is 4.44. The fraction of sp³-hybridized carbons (Fsp3) is 0.333. The molecule has 1 aliphatic rings. The van der Waals surface area contributed by atoms with E-state index in [-0.39, 0.29) is 12.1 Å². The van der Waals surface area contributed by atoms with Crippen molar-refractivity contribution in [3.8, 4) is 0 Å². The molecule has 3 aromatic rings. The molecule has 0 amide bonds. The van der Waals surface area contributed by atoms with Crippen LogP contribution in [0, 0.1) is 12.7 Å². The second kappa shape index (κ2) is 8.36. The Hall–Kier alpha value is -2.44. The van der Waals surface area contributed by atoms with Crippen LogP contribution in [-0.2, 0) is 15.8 Å². The van der Waals surface area contributed by atoms with E-state index in [0.717, 1.165) is 11.4 Å². The lowest BCUT2D eigenvalue weighted by Gasteiger charge is -2.23. The molecule has 0 atom stereocenters. The van der Waals surface area contributed by atoms with E-state index >= 15 is 0 Å². The second-order valence-electron chi connectivity index (χ2n) is 7.24. The van der Waals surface area contributed by atoms with Gasteiger partial charge >= 0.3 is 0 Å². The van der Waals surface area contributed by atoms with Crippen molar-refractivity contribution < 1.29 is 22.5 Å². The maximum absolute atomic E-state index is 14.4. The highest BCUT2D eigenvalue weighted by Crippen LogP contribution is 2.46. The molecule has 5 nitrogen and oxygen atoms in total. The Bertz CT molecular complexity index is 1130. The van der Waals surface area contributed by atoms with Crippen molar-refractivity contribution in [2.75, 3.05) is 30.9 Å². The minimum atomic E-state index is -2.88. The van der Waals surface area contributed by atoms with Gasteiger partial charge in [-0.3, -0.25) is 0 Å². The van der Waals surface area contributed by atoms with E-state index in [1.54, 1.807) is 13.0 Å². The Morgan fingerprint density at radius 2 is 1.93 bits per heavy atom. The van der Waals surface area contributed by atoms with Crippen molar-refractivity contribution in [1.29, 1.82) is 0 Å². The van der Waals surface area contributed by atoms with Crippen LogP contribution in [0.2, 0.25) is 0 Å². The van der Waals surface area contributed by atoms with E-state index in [4.69, 9.17) is 4.74 Å². The number of nitrogens with one attached hydrogen (secondary N) is 1. The van der Waals surface area contributed by atoms with Crippen LogP contribution in [-0.4, -0.2) is 35.5 Å². The predicted molar refractivity (Wildman–Crippen MR) is 111 cm³/mol. The first-order chi connectivity index (χ1) is 14.4. The minimum Gasteiger partial charge on any atom is -0.380 e. The van der Waals surface area contributed by atoms with Gasteiger partial charge in [-0.05, 0) is 25.1 Å². The van der Waals surface area contributed by atoms with Crippen LogP contribution in [0.4, 0.5) is 19.0 Å². The molecule has 1 N–H and O–H groups in total. The van der Waals surface area contributed by atoms with Crippen molar-refractivity contribution in [3.63, 3.8) is 0 Å². The molecule has 2 aromatic carbocycles. The summed E-state index contributed by atoms with van der Waals surface area (Å²) in [6, 6.07) is 9.38. The summed E-state index contributed by atoms with van der Waals surface area (Å²) in [6.45, 7) is 2.64. The van der Waals surface area contributed by atoms with Gasteiger partial charge in [-0.1, -0.05) is 18.2 Å². The maximum atomic E-state index is 14.4. The van der Waals surface area contributed by atoms with E-state index in [2.05, 4.69) is 15.3 Å². The Balaban J connectivity index is 1.69. The fourth-order valence-corrected chi connectivity index (χ4v) is 5.90. The van der Waals surface area contributed by atoms with Crippen molar-refractivity contribution in [2.24, 2.45) is 0 Å². The van der Waals surface area contributed by atoms with Crippen LogP contribution >= 0.6 is 7.14 Å². The first kappa shape index (κ1) is 20.8. The van der Waals surface area contributed by atoms with E-state index in [1.165, 1.54) is 12.1 Å². The number of halogens is 3. The molecule has 1 aromatic heterocycles. The fourth-order valence-electron chi connectivity index (χ4n) is 3.60. The van der Waals surface area contributed by atoms with Crippen molar-refractivity contribution in [1.82, 2.24) is 9.97 Å². The van der Waals surface area contributed by atoms with Crippen molar-refractivity contribution in [2.45, 2.75) is 19.9 Å². The highest BCUT2D eigenvalue weighted by molar-refractivity contribution is 7.71. The summed E-state index contributed by atoms with van der Waals surface area (Å²) in [4.78, 5) is 8.82. The number of anilines is 1. The normalized spacial score (nSPS) is 16.2. The smallest absolute Gasteiger partial charge is 0.266 e. The molecule has 2 heterocycles. The SMILES string of the molecule is Cc1nc(NCc2cccc(C(F)F)c2F)c2cc(P3(=O)CCOCC3)ccc2n1. The third-order valence-corrected chi connectivity index (χ3v) is 8.27. The number of fused-ring (bicyclic) bond motifs is 1. The zero-order chi connectivity index (χ0) is 21.3. The van der Waals surface area contributed by atoms with Gasteiger partial charge in [0.2, 0.25) is 0 Å². The number of hydrogen-bond acceptors (Lipinski definition) is 5. The highest BCUT2D eigenvalue weighted by Gasteiger charge is 2.28. The Kier molecular flexibility index (Phi) is 5.80. The average Bonchev–Trinajstić information content (AvgIpc) is 2.72. The number of ether oxygens (including phenoxy) is 1. The number of alkyl halides is 2. The summed E-state index contributed by atoms with van der Waals surface area (Å²) >= 11 is 0. The summed E-state index contributed by atoms with van der Waals surface area (Å²) in [6.07, 6.45) is -1.91. The standard InChI is InChI=1S/C21H21F3N3O2P/c1-13-26-18-6-5-15(30(28)9-7-29-8-10-30)11-17(18)21(27-13)25-12-14-3-2-4-16(19(14)22)20(23)24/h2-6,11,20H,7-10,12H2,1H3,(H,25,26,27). The van der Waals surface area contributed by atoms with Gasteiger partial charge in [0.25, 0.3) is 6.43 Å². The molecule has 0 saturated carbocycles. The van der Waals surface area contributed by atoms with Gasteiger partial charge in [-0.15, -0.1) is 0 Å². The monoisotopic (exact) mass is 435 g/mol.